The molecule has 1 aliphatic heterocycles. The van der Waals surface area contributed by atoms with E-state index in [0.717, 1.165) is 22.7 Å². The summed E-state index contributed by atoms with van der Waals surface area (Å²) in [6, 6.07) is -0.289. The number of nitrogens with zero attached hydrogens (tertiary/aromatic N) is 1. The smallest absolute Gasteiger partial charge is 0.309 e. The molecule has 0 saturated carbocycles. The molecule has 5 atom stereocenters. The molecule has 0 aliphatic carbocycles. The quantitative estimate of drug-likeness (QED) is 0.441. The number of Topliss-reactive ketones (excluding diaryl/α,β-unsaturated/α-hetero) is 1. The fourth-order valence-corrected chi connectivity index (χ4v) is 4.48. The zero-order chi connectivity index (χ0) is 24.8. The van der Waals surface area contributed by atoms with Gasteiger partial charge in [-0.1, -0.05) is 32.9 Å². The largest absolute Gasteiger partial charge is 0.457 e. The molecule has 0 radical (unpaired) electrons. The van der Waals surface area contributed by atoms with Crippen LogP contribution in [0.15, 0.2) is 23.1 Å². The van der Waals surface area contributed by atoms with Crippen LogP contribution in [0.3, 0.4) is 0 Å². The van der Waals surface area contributed by atoms with Crippen LogP contribution in [0.25, 0.3) is 6.08 Å². The Balaban J connectivity index is 2.27. The molecular weight excluding hydrogens is 440 g/mol. The average Bonchev–Trinajstić information content (AvgIpc) is 3.16. The maximum absolute atomic E-state index is 13.1. The first kappa shape index (κ1) is 27.4. The molecule has 8 heteroatoms. The number of thiazole rings is 1. The van der Waals surface area contributed by atoms with E-state index >= 15 is 0 Å². The average molecular weight is 479 g/mol. The second kappa shape index (κ2) is 12.0. The maximum Gasteiger partial charge on any atom is 0.309 e. The van der Waals surface area contributed by atoms with Crippen LogP contribution in [0.1, 0.15) is 64.6 Å². The van der Waals surface area contributed by atoms with E-state index in [2.05, 4.69) is 10.3 Å². The predicted octanol–water partition coefficient (Wildman–Crippen LogP) is 3.44. The minimum Gasteiger partial charge on any atom is -0.457 e. The van der Waals surface area contributed by atoms with Crippen LogP contribution in [0.2, 0.25) is 0 Å². The van der Waals surface area contributed by atoms with Crippen molar-refractivity contribution in [3.05, 3.63) is 33.8 Å². The van der Waals surface area contributed by atoms with Crippen LogP contribution in [0.4, 0.5) is 0 Å². The van der Waals surface area contributed by atoms with Crippen molar-refractivity contribution in [3.8, 4) is 0 Å². The number of carbonyl (C=O) groups is 2. The van der Waals surface area contributed by atoms with E-state index < -0.39 is 35.6 Å². The Bertz CT molecular complexity index is 876. The van der Waals surface area contributed by atoms with Gasteiger partial charge in [0, 0.05) is 23.8 Å². The number of rotatable bonds is 2. The molecule has 1 aromatic heterocycles. The number of aliphatic hydroxyl groups excluding tert-OH is 2. The third-order valence-corrected chi connectivity index (χ3v) is 7.15. The first-order valence-electron chi connectivity index (χ1n) is 11.5. The first-order valence-corrected chi connectivity index (χ1v) is 12.4. The Labute approximate surface area is 201 Å². The fraction of sp³-hybridized carbons (Fsp3) is 0.640. The Hall–Kier alpha value is -1.87. The molecule has 5 unspecified atom stereocenters. The highest BCUT2D eigenvalue weighted by atomic mass is 32.1. The van der Waals surface area contributed by atoms with Gasteiger partial charge in [0.2, 0.25) is 0 Å². The summed E-state index contributed by atoms with van der Waals surface area (Å²) in [5.41, 5.74) is 0.460. The maximum atomic E-state index is 13.1. The summed E-state index contributed by atoms with van der Waals surface area (Å²) >= 11 is 1.55. The van der Waals surface area contributed by atoms with E-state index in [4.69, 9.17) is 4.74 Å². The van der Waals surface area contributed by atoms with E-state index in [0.29, 0.717) is 13.0 Å². The highest BCUT2D eigenvalue weighted by Gasteiger charge is 2.42. The summed E-state index contributed by atoms with van der Waals surface area (Å²) in [7, 11) is 0. The fourth-order valence-electron chi connectivity index (χ4n) is 3.91. The predicted molar refractivity (Wildman–Crippen MR) is 131 cm³/mol. The molecule has 0 amide bonds. The Morgan fingerprint density at radius 2 is 1.97 bits per heavy atom. The van der Waals surface area contributed by atoms with Crippen molar-refractivity contribution in [1.82, 2.24) is 10.3 Å². The lowest BCUT2D eigenvalue weighted by Crippen LogP contribution is -2.49. The number of cyclic esters (lactones) is 1. The molecule has 0 bridgehead atoms. The second-order valence-corrected chi connectivity index (χ2v) is 10.5. The Morgan fingerprint density at radius 1 is 1.27 bits per heavy atom. The van der Waals surface area contributed by atoms with Crippen molar-refractivity contribution in [2.75, 3.05) is 6.54 Å². The summed E-state index contributed by atoms with van der Waals surface area (Å²) in [6.45, 7) is 11.2. The number of hydrogen-bond donors (Lipinski definition) is 3. The van der Waals surface area contributed by atoms with Gasteiger partial charge in [-0.05, 0) is 45.4 Å². The molecule has 0 spiro atoms. The normalized spacial score (nSPS) is 31.8. The van der Waals surface area contributed by atoms with Crippen molar-refractivity contribution in [1.29, 1.82) is 0 Å². The third-order valence-electron chi connectivity index (χ3n) is 6.35. The second-order valence-electron chi connectivity index (χ2n) is 9.48. The lowest BCUT2D eigenvalue weighted by Gasteiger charge is -2.34. The molecule has 1 aromatic rings. The van der Waals surface area contributed by atoms with Gasteiger partial charge in [-0.3, -0.25) is 9.59 Å². The molecule has 0 fully saturated rings. The van der Waals surface area contributed by atoms with Gasteiger partial charge in [0.15, 0.2) is 0 Å². The van der Waals surface area contributed by atoms with Crippen molar-refractivity contribution < 1.29 is 24.5 Å². The zero-order valence-corrected chi connectivity index (χ0v) is 21.3. The van der Waals surface area contributed by atoms with Gasteiger partial charge in [-0.25, -0.2) is 4.98 Å². The summed E-state index contributed by atoms with van der Waals surface area (Å²) in [4.78, 5) is 30.3. The molecule has 33 heavy (non-hydrogen) atoms. The van der Waals surface area contributed by atoms with E-state index in [1.807, 2.05) is 44.4 Å². The van der Waals surface area contributed by atoms with E-state index in [1.54, 1.807) is 32.1 Å². The number of aromatic nitrogens is 1. The number of esters is 1. The van der Waals surface area contributed by atoms with Crippen molar-refractivity contribution in [3.63, 3.8) is 0 Å². The molecule has 0 saturated heterocycles. The van der Waals surface area contributed by atoms with Gasteiger partial charge < -0.3 is 20.3 Å². The third kappa shape index (κ3) is 7.57. The van der Waals surface area contributed by atoms with Crippen LogP contribution in [0, 0.1) is 18.3 Å². The molecular formula is C25H38N2O5S. The van der Waals surface area contributed by atoms with Gasteiger partial charge in [0.05, 0.1) is 34.7 Å². The summed E-state index contributed by atoms with van der Waals surface area (Å²) in [6.07, 6.45) is 4.17. The van der Waals surface area contributed by atoms with Crippen molar-refractivity contribution in [2.24, 2.45) is 11.3 Å². The standard InChI is InChI=1S/C25H38N2O5S/c1-15(12-19-14-33-18(4)27-19)20-10-8-7-9-11-26-17(3)23(30)16(2)24(31)25(5,6)21(28)13-22(29)32-20/h7-8,12,14,16-17,20-21,23,26,28,30H,9-11,13H2,1-6H3/b8-7-,15-12?. The number of aliphatic hydroxyl groups is 2. The van der Waals surface area contributed by atoms with E-state index in [9.17, 15) is 19.8 Å². The summed E-state index contributed by atoms with van der Waals surface area (Å²) in [5.74, 6) is -1.56. The highest BCUT2D eigenvalue weighted by molar-refractivity contribution is 7.09. The molecule has 3 N–H and O–H groups in total. The SMILES string of the molecule is CC(=Cc1csc(C)n1)C1C/C=C\CCNC(C)C(O)C(C)C(=O)C(C)(C)C(O)CC(=O)O1. The van der Waals surface area contributed by atoms with Gasteiger partial charge in [0.25, 0.3) is 0 Å². The minimum atomic E-state index is -1.23. The van der Waals surface area contributed by atoms with Crippen molar-refractivity contribution >= 4 is 29.2 Å². The van der Waals surface area contributed by atoms with Gasteiger partial charge >= 0.3 is 5.97 Å². The number of nitrogens with one attached hydrogen (secondary N) is 1. The molecule has 2 rings (SSSR count). The molecule has 0 aromatic carbocycles. The highest BCUT2D eigenvalue weighted by Crippen LogP contribution is 2.30. The van der Waals surface area contributed by atoms with Crippen LogP contribution in [0.5, 0.6) is 0 Å². The van der Waals surface area contributed by atoms with E-state index in [-0.39, 0.29) is 18.2 Å². The lowest BCUT2D eigenvalue weighted by atomic mass is 9.74. The molecule has 2 heterocycles. The zero-order valence-electron chi connectivity index (χ0n) is 20.5. The monoisotopic (exact) mass is 478 g/mol. The summed E-state index contributed by atoms with van der Waals surface area (Å²) in [5, 5.41) is 27.6. The number of hydrogen-bond acceptors (Lipinski definition) is 8. The van der Waals surface area contributed by atoms with Crippen molar-refractivity contribution in [2.45, 2.75) is 85.2 Å². The van der Waals surface area contributed by atoms with Gasteiger partial charge in [-0.15, -0.1) is 11.3 Å². The van der Waals surface area contributed by atoms with Crippen LogP contribution in [-0.4, -0.2) is 57.8 Å². The Kier molecular flexibility index (Phi) is 9.97. The molecule has 1 aliphatic rings. The molecule has 7 nitrogen and oxygen atoms in total. The number of ketones is 1. The number of ether oxygens (including phenoxy) is 1. The number of carbonyl (C=O) groups excluding carboxylic acids is 2. The van der Waals surface area contributed by atoms with Crippen LogP contribution in [-0.2, 0) is 14.3 Å². The van der Waals surface area contributed by atoms with Gasteiger partial charge in [0.1, 0.15) is 11.9 Å². The van der Waals surface area contributed by atoms with Crippen LogP contribution >= 0.6 is 11.3 Å². The topological polar surface area (TPSA) is 109 Å². The van der Waals surface area contributed by atoms with Crippen LogP contribution < -0.4 is 5.32 Å². The number of aryl methyl sites for hydroxylation is 1. The Morgan fingerprint density at radius 3 is 2.61 bits per heavy atom. The minimum absolute atomic E-state index is 0.289. The lowest BCUT2D eigenvalue weighted by molar-refractivity contribution is -0.154. The van der Waals surface area contributed by atoms with E-state index in [1.165, 1.54) is 0 Å². The van der Waals surface area contributed by atoms with Gasteiger partial charge in [-0.2, -0.15) is 0 Å². The molecule has 184 valence electrons. The first-order chi connectivity index (χ1) is 15.4. The summed E-state index contributed by atoms with van der Waals surface area (Å²) < 4.78 is 5.74.